The van der Waals surface area contributed by atoms with E-state index in [0.717, 1.165) is 0 Å². The summed E-state index contributed by atoms with van der Waals surface area (Å²) in [6.07, 6.45) is 0.580. The van der Waals surface area contributed by atoms with Gasteiger partial charge in [-0.3, -0.25) is 0 Å². The maximum Gasteiger partial charge on any atom is 0.367 e. The molecule has 0 rings (SSSR count). The molecule has 0 aromatic carbocycles. The summed E-state index contributed by atoms with van der Waals surface area (Å²) in [4.78, 5) is 13.9. The molecule has 4 nitrogen and oxygen atoms in total. The molecule has 0 aromatic rings. The minimum Gasteiger partial charge on any atom is -0.366 e. The van der Waals surface area contributed by atoms with E-state index in [0.29, 0.717) is 6.21 Å². The smallest absolute Gasteiger partial charge is 0.366 e. The molecule has 0 aromatic heterocycles. The molecule has 0 heterocycles. The molecule has 0 spiro atoms. The van der Waals surface area contributed by atoms with E-state index in [4.69, 9.17) is 5.41 Å². The van der Waals surface area contributed by atoms with Crippen LogP contribution in [0.4, 0.5) is 0 Å². The van der Waals surface area contributed by atoms with Crippen LogP contribution >= 0.6 is 0 Å². The largest absolute Gasteiger partial charge is 0.367 e. The molecule has 40 valence electrons. The molecule has 4 heteroatoms. The highest BCUT2D eigenvalue weighted by Gasteiger charge is 1.88. The average Bonchev–Trinajstić information content (AvgIpc) is 1.68. The van der Waals surface area contributed by atoms with Crippen LogP contribution in [0, 0.1) is 5.41 Å². The van der Waals surface area contributed by atoms with Crippen molar-refractivity contribution in [3.63, 3.8) is 0 Å². The molecule has 0 bridgehead atoms. The van der Waals surface area contributed by atoms with Crippen LogP contribution in [0.1, 0.15) is 0 Å². The predicted octanol–water partition coefficient (Wildman–Crippen LogP) is -0.686. The highest BCUT2D eigenvalue weighted by molar-refractivity contribution is 6.21. The molecule has 0 amide bonds. The molecule has 0 radical (unpaired) electrons. The Labute approximate surface area is 40.9 Å². The normalized spacial score (nSPS) is 7.57. The molecule has 0 aliphatic heterocycles. The van der Waals surface area contributed by atoms with Crippen LogP contribution in [-0.2, 0) is 9.63 Å². The monoisotopic (exact) mass is 102 g/mol. The lowest BCUT2D eigenvalue weighted by Gasteiger charge is -1.90. The summed E-state index contributed by atoms with van der Waals surface area (Å²) in [6.45, 7) is 0. The van der Waals surface area contributed by atoms with Gasteiger partial charge in [-0.25, -0.2) is 4.79 Å². The lowest BCUT2D eigenvalue weighted by Crippen LogP contribution is -2.14. The predicted molar refractivity (Wildman–Crippen MR) is 23.9 cm³/mol. The Balaban J connectivity index is 3.17. The molecular formula is C3H6N2O2. The van der Waals surface area contributed by atoms with Gasteiger partial charge in [0.2, 0.25) is 0 Å². The lowest BCUT2D eigenvalue weighted by molar-refractivity contribution is -0.140. The van der Waals surface area contributed by atoms with Crippen molar-refractivity contribution in [3.05, 3.63) is 0 Å². The summed E-state index contributed by atoms with van der Waals surface area (Å²) < 4.78 is 0. The number of rotatable bonds is 2. The van der Waals surface area contributed by atoms with Crippen LogP contribution in [0.15, 0.2) is 0 Å². The summed E-state index contributed by atoms with van der Waals surface area (Å²) in [5.74, 6) is -0.692. The zero-order valence-electron chi connectivity index (χ0n) is 3.89. The first-order valence-corrected chi connectivity index (χ1v) is 1.69. The number of hydroxylamine groups is 1. The fourth-order valence-corrected chi connectivity index (χ4v) is 0.130. The Morgan fingerprint density at radius 2 is 2.57 bits per heavy atom. The van der Waals surface area contributed by atoms with Gasteiger partial charge in [0.1, 0.15) is 6.21 Å². The molecule has 0 atom stereocenters. The molecule has 0 aliphatic rings. The second-order valence-corrected chi connectivity index (χ2v) is 0.770. The van der Waals surface area contributed by atoms with Gasteiger partial charge in [-0.1, -0.05) is 0 Å². The van der Waals surface area contributed by atoms with Crippen molar-refractivity contribution in [2.75, 3.05) is 7.05 Å². The first-order chi connectivity index (χ1) is 3.31. The molecule has 0 unspecified atom stereocenters. The number of carbonyl (C=O) groups excluding carboxylic acids is 1. The Bertz CT molecular complexity index is 81.0. The van der Waals surface area contributed by atoms with Crippen molar-refractivity contribution >= 4 is 12.2 Å². The van der Waals surface area contributed by atoms with Crippen molar-refractivity contribution < 1.29 is 9.63 Å². The van der Waals surface area contributed by atoms with E-state index in [-0.39, 0.29) is 0 Å². The molecular weight excluding hydrogens is 96.0 g/mol. The van der Waals surface area contributed by atoms with E-state index in [1.807, 2.05) is 0 Å². The van der Waals surface area contributed by atoms with Gasteiger partial charge >= 0.3 is 5.97 Å². The van der Waals surface area contributed by atoms with Gasteiger partial charge in [0.15, 0.2) is 0 Å². The van der Waals surface area contributed by atoms with Crippen LogP contribution in [0.25, 0.3) is 0 Å². The summed E-state index contributed by atoms with van der Waals surface area (Å²) in [5.41, 5.74) is 2.12. The summed E-state index contributed by atoms with van der Waals surface area (Å²) in [5, 5.41) is 6.27. The molecule has 0 aliphatic carbocycles. The van der Waals surface area contributed by atoms with Crippen LogP contribution < -0.4 is 5.48 Å². The Hall–Kier alpha value is -0.900. The van der Waals surface area contributed by atoms with E-state index in [9.17, 15) is 4.79 Å². The van der Waals surface area contributed by atoms with E-state index in [1.165, 1.54) is 7.05 Å². The first-order valence-electron chi connectivity index (χ1n) is 1.69. The molecule has 0 saturated carbocycles. The average molecular weight is 102 g/mol. The van der Waals surface area contributed by atoms with Crippen LogP contribution in [0.3, 0.4) is 0 Å². The van der Waals surface area contributed by atoms with Gasteiger partial charge in [0.05, 0.1) is 0 Å². The third-order valence-electron chi connectivity index (χ3n) is 0.321. The van der Waals surface area contributed by atoms with Gasteiger partial charge in [0.25, 0.3) is 0 Å². The van der Waals surface area contributed by atoms with E-state index >= 15 is 0 Å². The van der Waals surface area contributed by atoms with Crippen LogP contribution in [0.2, 0.25) is 0 Å². The SMILES string of the molecule is CNOC(=O)C=N. The highest BCUT2D eigenvalue weighted by atomic mass is 16.7. The topological polar surface area (TPSA) is 62.2 Å². The second kappa shape index (κ2) is 3.30. The number of nitrogens with one attached hydrogen (secondary N) is 2. The Kier molecular flexibility index (Phi) is 2.87. The maximum atomic E-state index is 9.88. The first kappa shape index (κ1) is 6.10. The molecule has 0 saturated heterocycles. The maximum absolute atomic E-state index is 9.88. The van der Waals surface area contributed by atoms with E-state index < -0.39 is 5.97 Å². The fourth-order valence-electron chi connectivity index (χ4n) is 0.130. The highest BCUT2D eigenvalue weighted by Crippen LogP contribution is 1.59. The van der Waals surface area contributed by atoms with Crippen molar-refractivity contribution in [2.24, 2.45) is 0 Å². The van der Waals surface area contributed by atoms with Crippen molar-refractivity contribution in [1.82, 2.24) is 5.48 Å². The molecule has 7 heavy (non-hydrogen) atoms. The summed E-state index contributed by atoms with van der Waals surface area (Å²) >= 11 is 0. The third-order valence-corrected chi connectivity index (χ3v) is 0.321. The third kappa shape index (κ3) is 2.92. The standard InChI is InChI=1S/C3H6N2O2/c1-5-7-3(6)2-4/h2,4-5H,1H3. The Morgan fingerprint density at radius 1 is 2.00 bits per heavy atom. The minimum absolute atomic E-state index is 0.580. The van der Waals surface area contributed by atoms with Crippen LogP contribution in [0.5, 0.6) is 0 Å². The number of carbonyl (C=O) groups is 1. The van der Waals surface area contributed by atoms with Gasteiger partial charge in [0, 0.05) is 7.05 Å². The fraction of sp³-hybridized carbons (Fsp3) is 0.333. The zero-order valence-corrected chi connectivity index (χ0v) is 3.89. The minimum atomic E-state index is -0.692. The van der Waals surface area contributed by atoms with Gasteiger partial charge in [-0.05, 0) is 0 Å². The lowest BCUT2D eigenvalue weighted by atomic mass is 10.8. The zero-order chi connectivity index (χ0) is 5.70. The number of hydrogen-bond donors (Lipinski definition) is 2. The molecule has 0 fully saturated rings. The molecule has 2 N–H and O–H groups in total. The quantitative estimate of drug-likeness (QED) is 0.358. The van der Waals surface area contributed by atoms with E-state index in [1.54, 1.807) is 0 Å². The van der Waals surface area contributed by atoms with Crippen molar-refractivity contribution in [2.45, 2.75) is 0 Å². The summed E-state index contributed by atoms with van der Waals surface area (Å²) in [6, 6.07) is 0. The summed E-state index contributed by atoms with van der Waals surface area (Å²) in [7, 11) is 1.45. The second-order valence-electron chi connectivity index (χ2n) is 0.770. The van der Waals surface area contributed by atoms with Gasteiger partial charge in [-0.2, -0.15) is 5.48 Å². The van der Waals surface area contributed by atoms with Gasteiger partial charge < -0.3 is 10.2 Å². The van der Waals surface area contributed by atoms with Crippen molar-refractivity contribution in [1.29, 1.82) is 5.41 Å². The van der Waals surface area contributed by atoms with Gasteiger partial charge in [-0.15, -0.1) is 0 Å². The number of hydrogen-bond acceptors (Lipinski definition) is 4. The van der Waals surface area contributed by atoms with Crippen molar-refractivity contribution in [3.8, 4) is 0 Å². The Morgan fingerprint density at radius 3 is 2.71 bits per heavy atom. The van der Waals surface area contributed by atoms with Crippen LogP contribution in [-0.4, -0.2) is 19.2 Å². The van der Waals surface area contributed by atoms with E-state index in [2.05, 4.69) is 10.3 Å².